The van der Waals surface area contributed by atoms with Gasteiger partial charge in [-0.15, -0.1) is 0 Å². The number of ether oxygens (including phenoxy) is 9. The van der Waals surface area contributed by atoms with Crippen LogP contribution in [0.5, 0.6) is 46.0 Å². The molecule has 0 radical (unpaired) electrons. The van der Waals surface area contributed by atoms with E-state index in [0.29, 0.717) is 112 Å². The quantitative estimate of drug-likeness (QED) is 0.0323. The molecule has 3 aromatic heterocycles. The van der Waals surface area contributed by atoms with Gasteiger partial charge in [-0.05, 0) is 169 Å². The molecule has 0 spiro atoms. The minimum absolute atomic E-state index is 0.0434. The third-order valence-corrected chi connectivity index (χ3v) is 18.2. The highest BCUT2D eigenvalue weighted by Crippen LogP contribution is 2.63. The molecule has 2 N–H and O–H groups in total. The van der Waals surface area contributed by atoms with Crippen molar-refractivity contribution in [3.63, 3.8) is 0 Å². The zero-order valence-electron chi connectivity index (χ0n) is 56.4. The fraction of sp³-hybridized carbons (Fsp3) is 0.300. The monoisotopic (exact) mass is 1300 g/mol. The second-order valence-corrected chi connectivity index (χ2v) is 25.8. The van der Waals surface area contributed by atoms with Crippen LogP contribution in [0.4, 0.5) is 0 Å². The predicted octanol–water partition coefficient (Wildman–Crippen LogP) is 19.1. The predicted molar refractivity (Wildman–Crippen MR) is 375 cm³/mol. The van der Waals surface area contributed by atoms with Crippen molar-refractivity contribution < 1.29 is 75.7 Å². The maximum absolute atomic E-state index is 12.4. The first-order valence-corrected chi connectivity index (χ1v) is 31.9. The highest BCUT2D eigenvalue weighted by Gasteiger charge is 2.61. The summed E-state index contributed by atoms with van der Waals surface area (Å²) in [4.78, 5) is 24.1. The van der Waals surface area contributed by atoms with Gasteiger partial charge >= 0.3 is 5.97 Å². The Morgan fingerprint density at radius 3 is 1.94 bits per heavy atom. The first-order chi connectivity index (χ1) is 45.9. The third kappa shape index (κ3) is 14.9. The lowest BCUT2D eigenvalue weighted by molar-refractivity contribution is -0.210. The maximum Gasteiger partial charge on any atom is 0.302 e. The molecule has 6 heterocycles. The Hall–Kier alpha value is -10.3. The number of carbonyl (C=O) groups excluding carboxylic acids is 2. The molecule has 2 aliphatic carbocycles. The van der Waals surface area contributed by atoms with Gasteiger partial charge in [-0.2, -0.15) is 0 Å². The number of furan rings is 3. The number of aliphatic hydroxyl groups excluding tert-OH is 1. The van der Waals surface area contributed by atoms with Gasteiger partial charge in [0, 0.05) is 52.5 Å². The summed E-state index contributed by atoms with van der Waals surface area (Å²) in [7, 11) is 3.13. The summed E-state index contributed by atoms with van der Waals surface area (Å²) in [5, 5.41) is 24.1. The van der Waals surface area contributed by atoms with Crippen LogP contribution in [0.3, 0.4) is 0 Å². The van der Waals surface area contributed by atoms with Crippen molar-refractivity contribution in [2.45, 2.75) is 99.7 Å². The molecule has 8 aromatic rings. The van der Waals surface area contributed by atoms with Crippen LogP contribution in [0.1, 0.15) is 121 Å². The zero-order chi connectivity index (χ0) is 68.6. The number of ketones is 1. The van der Waals surface area contributed by atoms with E-state index in [2.05, 4.69) is 40.5 Å². The van der Waals surface area contributed by atoms with E-state index < -0.39 is 5.60 Å². The number of fused-ring (bicyclic) bond motifs is 7. The minimum atomic E-state index is -0.822. The number of hydrogen-bond acceptors (Lipinski definition) is 16. The van der Waals surface area contributed by atoms with Gasteiger partial charge in [0.15, 0.2) is 28.4 Å². The summed E-state index contributed by atoms with van der Waals surface area (Å²) in [5.74, 6) is 6.43. The SMILES string of the molecule is C=C1C=Cc2c(c(OCC=C(C)C)c3occc3c2OC)O1.C=C1C=Cc2cc3ccoc3c(OCC=C(C)C)c2O1.C=C1C=Cc2ccc(OCC3C(C)(O)CCC4C(C)(C)C(OC(C)=O)CCC34C)cc2O1.COc1c(C(=O)/C=C(\O)c2ccccc2)ccc2occc12. The molecule has 5 atom stereocenters. The number of methoxy groups -OCH3 is 2. The fourth-order valence-corrected chi connectivity index (χ4v) is 13.4. The lowest BCUT2D eigenvalue weighted by Gasteiger charge is -2.62. The van der Waals surface area contributed by atoms with Crippen molar-refractivity contribution in [2.24, 2.45) is 22.7 Å². The second kappa shape index (κ2) is 29.1. The topological polar surface area (TPSA) is 197 Å². The van der Waals surface area contributed by atoms with Crippen LogP contribution in [0, 0.1) is 22.7 Å². The Morgan fingerprint density at radius 2 is 1.25 bits per heavy atom. The Balaban J connectivity index is 0.000000142. The number of benzene rings is 5. The summed E-state index contributed by atoms with van der Waals surface area (Å²) in [5.41, 5.74) is 6.99. The minimum Gasteiger partial charge on any atom is -0.507 e. The van der Waals surface area contributed by atoms with Crippen molar-refractivity contribution in [3.05, 3.63) is 216 Å². The number of allylic oxidation sites excluding steroid dienone is 6. The highest BCUT2D eigenvalue weighted by molar-refractivity contribution is 6.12. The van der Waals surface area contributed by atoms with Crippen LogP contribution in [-0.2, 0) is 9.53 Å². The van der Waals surface area contributed by atoms with Gasteiger partial charge in [-0.25, -0.2) is 0 Å². The van der Waals surface area contributed by atoms with Crippen LogP contribution in [0.25, 0.3) is 56.9 Å². The molecule has 96 heavy (non-hydrogen) atoms. The lowest BCUT2D eigenvalue weighted by atomic mass is 9.45. The molecule has 3 aliphatic heterocycles. The molecule has 2 saturated carbocycles. The average molecular weight is 1300 g/mol. The van der Waals surface area contributed by atoms with Crippen molar-refractivity contribution in [3.8, 4) is 46.0 Å². The molecule has 0 bridgehead atoms. The number of aliphatic hydroxyl groups is 2. The number of hydrogen-bond donors (Lipinski definition) is 2. The van der Waals surface area contributed by atoms with E-state index >= 15 is 0 Å². The summed E-state index contributed by atoms with van der Waals surface area (Å²) >= 11 is 0. The molecule has 5 unspecified atom stereocenters. The molecule has 5 aliphatic rings. The molecule has 5 aromatic carbocycles. The standard InChI is InChI=1S/C27H36O5.C18H18O4.C18H14O4.C17H16O3/c1-17-7-8-19-9-10-20(15-21(19)31-17)30-16-23-26(5)13-12-24(32-18(2)28)25(3,4)22(26)11-14-27(23,6)29;1-11(2)7-9-21-18-16-14(8-10-20-16)15(19-4)13-6-5-12(3)22-17(13)18;1-21-18-13(7-8-17-14(18)9-10-22-17)16(20)11-15(19)12-5-3-2-4-6-12;1-11(2)6-8-19-17-15-14(7-9-18-15)10-13-5-4-12(3)20-16(13)17/h7-10,15,22-24,29H,1,11-14,16H2,2-6H3;5-8,10H,3,9H2,1-2,4H3;2-11,19H,1H3;4-7,9-10H,3,8H2,1-2H3/b;;15-11-;. The summed E-state index contributed by atoms with van der Waals surface area (Å²) in [6.45, 7) is 31.1. The van der Waals surface area contributed by atoms with E-state index in [1.165, 1.54) is 31.3 Å². The van der Waals surface area contributed by atoms with Crippen LogP contribution in [-0.4, -0.2) is 67.7 Å². The van der Waals surface area contributed by atoms with Crippen molar-refractivity contribution >= 4 is 68.6 Å². The number of carbonyl (C=O) groups is 2. The van der Waals surface area contributed by atoms with Gasteiger partial charge in [0.1, 0.15) is 70.9 Å². The normalized spacial score (nSPS) is 20.1. The summed E-state index contributed by atoms with van der Waals surface area (Å²) in [6, 6.07) is 25.6. The molecule has 16 heteroatoms. The number of esters is 1. The van der Waals surface area contributed by atoms with Crippen molar-refractivity contribution in [1.82, 2.24) is 0 Å². The molecule has 0 saturated heterocycles. The van der Waals surface area contributed by atoms with E-state index in [1.54, 1.807) is 74.4 Å². The van der Waals surface area contributed by atoms with E-state index in [9.17, 15) is 19.8 Å². The van der Waals surface area contributed by atoms with E-state index in [-0.39, 0.29) is 40.4 Å². The first-order valence-electron chi connectivity index (χ1n) is 31.9. The summed E-state index contributed by atoms with van der Waals surface area (Å²) < 4.78 is 68.3. The van der Waals surface area contributed by atoms with Crippen LogP contribution in [0.2, 0.25) is 0 Å². The van der Waals surface area contributed by atoms with Gasteiger partial charge in [0.25, 0.3) is 0 Å². The van der Waals surface area contributed by atoms with Gasteiger partial charge in [-0.1, -0.05) is 82.0 Å². The largest absolute Gasteiger partial charge is 0.507 e. The lowest BCUT2D eigenvalue weighted by Crippen LogP contribution is -2.62. The van der Waals surface area contributed by atoms with Crippen molar-refractivity contribution in [1.29, 1.82) is 0 Å². The van der Waals surface area contributed by atoms with E-state index in [4.69, 9.17) is 55.9 Å². The van der Waals surface area contributed by atoms with E-state index in [0.717, 1.165) is 63.6 Å². The van der Waals surface area contributed by atoms with Crippen LogP contribution < -0.4 is 37.9 Å². The smallest absolute Gasteiger partial charge is 0.302 e. The molecule has 16 nitrogen and oxygen atoms in total. The second-order valence-electron chi connectivity index (χ2n) is 25.8. The highest BCUT2D eigenvalue weighted by atomic mass is 16.6. The average Bonchev–Trinajstić information content (AvgIpc) is 1.20. The maximum atomic E-state index is 12.4. The Kier molecular flexibility index (Phi) is 20.8. The molecular formula is C80H84O16. The van der Waals surface area contributed by atoms with Crippen LogP contribution in [0.15, 0.2) is 202 Å². The van der Waals surface area contributed by atoms with Crippen molar-refractivity contribution in [2.75, 3.05) is 34.0 Å². The van der Waals surface area contributed by atoms with Gasteiger partial charge in [0.2, 0.25) is 11.5 Å². The van der Waals surface area contributed by atoms with Crippen LogP contribution >= 0.6 is 0 Å². The Morgan fingerprint density at radius 1 is 0.625 bits per heavy atom. The molecule has 0 amide bonds. The van der Waals surface area contributed by atoms with Gasteiger partial charge < -0.3 is 66.1 Å². The number of rotatable bonds is 15. The van der Waals surface area contributed by atoms with E-state index in [1.807, 2.05) is 120 Å². The third-order valence-electron chi connectivity index (χ3n) is 18.2. The Bertz CT molecular complexity index is 4430. The van der Waals surface area contributed by atoms with Gasteiger partial charge in [-0.3, -0.25) is 9.59 Å². The zero-order valence-corrected chi connectivity index (χ0v) is 56.4. The fourth-order valence-electron chi connectivity index (χ4n) is 13.4. The molecule has 13 rings (SSSR count). The first kappa shape index (κ1) is 68.5. The van der Waals surface area contributed by atoms with Gasteiger partial charge in [0.05, 0.1) is 67.1 Å². The molecule has 2 fully saturated rings. The molecular weight excluding hydrogens is 1220 g/mol. The summed E-state index contributed by atoms with van der Waals surface area (Å²) in [6.07, 6.45) is 24.6. The molecule has 500 valence electrons. The Labute approximate surface area is 560 Å².